The molecule has 4 nitrogen and oxygen atoms in total. The molecule has 1 aromatic carbocycles. The number of methoxy groups -OCH3 is 2. The number of hydrogen-bond acceptors (Lipinski definition) is 4. The molecule has 0 aromatic heterocycles. The van der Waals surface area contributed by atoms with Crippen molar-refractivity contribution in [2.45, 2.75) is 26.0 Å². The van der Waals surface area contributed by atoms with Gasteiger partial charge in [-0.2, -0.15) is 0 Å². The number of nitrogens with one attached hydrogen (secondary N) is 1. The van der Waals surface area contributed by atoms with Gasteiger partial charge in [-0.1, -0.05) is 0 Å². The summed E-state index contributed by atoms with van der Waals surface area (Å²) >= 11 is 0. The molecule has 0 aliphatic carbocycles. The van der Waals surface area contributed by atoms with Crippen LogP contribution in [0.25, 0.3) is 0 Å². The summed E-state index contributed by atoms with van der Waals surface area (Å²) in [5.41, 5.74) is 1.72. The first-order chi connectivity index (χ1) is 8.04. The van der Waals surface area contributed by atoms with Gasteiger partial charge in [-0.25, -0.2) is 0 Å². The van der Waals surface area contributed by atoms with Crippen LogP contribution in [-0.4, -0.2) is 32.4 Å². The van der Waals surface area contributed by atoms with Gasteiger partial charge in [0.1, 0.15) is 11.5 Å². The highest BCUT2D eigenvalue weighted by Gasteiger charge is 2.20. The summed E-state index contributed by atoms with van der Waals surface area (Å²) in [4.78, 5) is 0. The van der Waals surface area contributed by atoms with E-state index in [1.54, 1.807) is 14.2 Å². The van der Waals surface area contributed by atoms with E-state index >= 15 is 0 Å². The molecule has 0 fully saturated rings. The number of likely N-dealkylation sites (N-methyl/N-ethyl adjacent to an activating group) is 1. The van der Waals surface area contributed by atoms with Crippen molar-refractivity contribution in [3.8, 4) is 11.5 Å². The van der Waals surface area contributed by atoms with Crippen molar-refractivity contribution >= 4 is 0 Å². The fraction of sp³-hybridized carbons (Fsp3) is 0.538. The standard InChI is InChI=1S/C13H21NO3/c1-8-6-12(17-5)10(7-11(8)16-4)13(15)9(2)14-3/h6-7,9,13-15H,1-5H3. The van der Waals surface area contributed by atoms with Gasteiger partial charge < -0.3 is 19.9 Å². The molecule has 0 amide bonds. The zero-order chi connectivity index (χ0) is 13.0. The van der Waals surface area contributed by atoms with Gasteiger partial charge in [0.2, 0.25) is 0 Å². The number of ether oxygens (including phenoxy) is 2. The molecule has 96 valence electrons. The molecule has 17 heavy (non-hydrogen) atoms. The Morgan fingerprint density at radius 3 is 2.24 bits per heavy atom. The molecule has 4 heteroatoms. The zero-order valence-corrected chi connectivity index (χ0v) is 11.1. The Bertz CT molecular complexity index is 379. The van der Waals surface area contributed by atoms with Crippen LogP contribution in [0.4, 0.5) is 0 Å². The van der Waals surface area contributed by atoms with Gasteiger partial charge in [0.25, 0.3) is 0 Å². The van der Waals surface area contributed by atoms with Crippen molar-refractivity contribution in [2.24, 2.45) is 0 Å². The second-order valence-electron chi connectivity index (χ2n) is 4.09. The lowest BCUT2D eigenvalue weighted by atomic mass is 10.00. The van der Waals surface area contributed by atoms with Crippen molar-refractivity contribution in [2.75, 3.05) is 21.3 Å². The quantitative estimate of drug-likeness (QED) is 0.820. The molecule has 1 aromatic rings. The third kappa shape index (κ3) is 2.90. The smallest absolute Gasteiger partial charge is 0.125 e. The van der Waals surface area contributed by atoms with E-state index in [9.17, 15) is 5.11 Å². The van der Waals surface area contributed by atoms with Crippen LogP contribution in [0.1, 0.15) is 24.2 Å². The van der Waals surface area contributed by atoms with E-state index in [2.05, 4.69) is 5.32 Å². The largest absolute Gasteiger partial charge is 0.496 e. The predicted molar refractivity (Wildman–Crippen MR) is 67.8 cm³/mol. The third-order valence-electron chi connectivity index (χ3n) is 2.99. The summed E-state index contributed by atoms with van der Waals surface area (Å²) in [5, 5.41) is 13.2. The minimum Gasteiger partial charge on any atom is -0.496 e. The monoisotopic (exact) mass is 239 g/mol. The summed E-state index contributed by atoms with van der Waals surface area (Å²) in [5.74, 6) is 1.43. The first kappa shape index (κ1) is 13.8. The molecule has 0 saturated heterocycles. The minimum atomic E-state index is -0.635. The molecule has 0 spiro atoms. The van der Waals surface area contributed by atoms with Crippen LogP contribution in [0.2, 0.25) is 0 Å². The van der Waals surface area contributed by atoms with Gasteiger partial charge in [0.05, 0.1) is 20.3 Å². The van der Waals surface area contributed by atoms with Crippen molar-refractivity contribution in [1.29, 1.82) is 0 Å². The summed E-state index contributed by atoms with van der Waals surface area (Å²) < 4.78 is 10.6. The van der Waals surface area contributed by atoms with E-state index in [4.69, 9.17) is 9.47 Å². The van der Waals surface area contributed by atoms with Crippen molar-refractivity contribution in [1.82, 2.24) is 5.32 Å². The van der Waals surface area contributed by atoms with E-state index in [-0.39, 0.29) is 6.04 Å². The van der Waals surface area contributed by atoms with E-state index in [0.717, 1.165) is 16.9 Å². The lowest BCUT2D eigenvalue weighted by molar-refractivity contribution is 0.136. The van der Waals surface area contributed by atoms with Crippen LogP contribution in [0.3, 0.4) is 0 Å². The Morgan fingerprint density at radius 2 is 1.76 bits per heavy atom. The minimum absolute atomic E-state index is 0.0590. The average Bonchev–Trinajstić information content (AvgIpc) is 2.36. The van der Waals surface area contributed by atoms with Gasteiger partial charge in [-0.15, -0.1) is 0 Å². The van der Waals surface area contributed by atoms with E-state index in [0.29, 0.717) is 5.75 Å². The van der Waals surface area contributed by atoms with E-state index in [1.807, 2.05) is 33.0 Å². The Hall–Kier alpha value is -1.26. The molecular weight excluding hydrogens is 218 g/mol. The number of benzene rings is 1. The number of hydrogen-bond donors (Lipinski definition) is 2. The zero-order valence-electron chi connectivity index (χ0n) is 11.1. The molecule has 0 aliphatic heterocycles. The van der Waals surface area contributed by atoms with E-state index in [1.165, 1.54) is 0 Å². The number of aliphatic hydroxyl groups excluding tert-OH is 1. The Labute approximate surface area is 103 Å². The molecule has 2 atom stereocenters. The molecule has 0 saturated carbocycles. The number of aryl methyl sites for hydroxylation is 1. The molecular formula is C13H21NO3. The molecule has 0 heterocycles. The lowest BCUT2D eigenvalue weighted by Gasteiger charge is -2.22. The predicted octanol–water partition coefficient (Wildman–Crippen LogP) is 1.65. The second-order valence-corrected chi connectivity index (χ2v) is 4.09. The van der Waals surface area contributed by atoms with Crippen molar-refractivity contribution in [3.63, 3.8) is 0 Å². The maximum atomic E-state index is 10.2. The Kier molecular flexibility index (Phi) is 4.78. The van der Waals surface area contributed by atoms with Crippen LogP contribution in [0.15, 0.2) is 12.1 Å². The third-order valence-corrected chi connectivity index (χ3v) is 2.99. The highest BCUT2D eigenvalue weighted by Crippen LogP contribution is 2.33. The highest BCUT2D eigenvalue weighted by molar-refractivity contribution is 5.47. The lowest BCUT2D eigenvalue weighted by Crippen LogP contribution is -2.29. The first-order valence-corrected chi connectivity index (χ1v) is 5.63. The van der Waals surface area contributed by atoms with E-state index < -0.39 is 6.10 Å². The van der Waals surface area contributed by atoms with Gasteiger partial charge in [0.15, 0.2) is 0 Å². The molecule has 0 bridgehead atoms. The SMILES string of the molecule is CNC(C)C(O)c1cc(OC)c(C)cc1OC. The maximum absolute atomic E-state index is 10.2. The topological polar surface area (TPSA) is 50.7 Å². The molecule has 2 unspecified atom stereocenters. The summed E-state index contributed by atoms with van der Waals surface area (Å²) in [7, 11) is 5.03. The average molecular weight is 239 g/mol. The highest BCUT2D eigenvalue weighted by atomic mass is 16.5. The first-order valence-electron chi connectivity index (χ1n) is 5.63. The van der Waals surface area contributed by atoms with Gasteiger partial charge in [0, 0.05) is 11.6 Å². The summed E-state index contributed by atoms with van der Waals surface area (Å²) in [6.07, 6.45) is -0.635. The molecule has 0 aliphatic rings. The molecule has 0 radical (unpaired) electrons. The van der Waals surface area contributed by atoms with Crippen LogP contribution in [-0.2, 0) is 0 Å². The van der Waals surface area contributed by atoms with Crippen LogP contribution in [0.5, 0.6) is 11.5 Å². The summed E-state index contributed by atoms with van der Waals surface area (Å²) in [6.45, 7) is 3.86. The fourth-order valence-electron chi connectivity index (χ4n) is 1.73. The van der Waals surface area contributed by atoms with Gasteiger partial charge in [-0.3, -0.25) is 0 Å². The van der Waals surface area contributed by atoms with Crippen molar-refractivity contribution < 1.29 is 14.6 Å². The Morgan fingerprint density at radius 1 is 1.18 bits per heavy atom. The van der Waals surface area contributed by atoms with Crippen LogP contribution >= 0.6 is 0 Å². The van der Waals surface area contributed by atoms with Gasteiger partial charge in [-0.05, 0) is 38.6 Å². The van der Waals surface area contributed by atoms with Gasteiger partial charge >= 0.3 is 0 Å². The van der Waals surface area contributed by atoms with Crippen LogP contribution in [0, 0.1) is 6.92 Å². The normalized spacial score (nSPS) is 14.2. The maximum Gasteiger partial charge on any atom is 0.125 e. The van der Waals surface area contributed by atoms with Crippen LogP contribution < -0.4 is 14.8 Å². The van der Waals surface area contributed by atoms with Crippen molar-refractivity contribution in [3.05, 3.63) is 23.3 Å². The Balaban J connectivity index is 3.20. The number of aliphatic hydroxyl groups is 1. The fourth-order valence-corrected chi connectivity index (χ4v) is 1.73. The second kappa shape index (κ2) is 5.89. The molecule has 1 rings (SSSR count). The molecule has 2 N–H and O–H groups in total. The summed E-state index contributed by atoms with van der Waals surface area (Å²) in [6, 6.07) is 3.64. The number of rotatable bonds is 5.